The number of amides is 1. The molecule has 0 radical (unpaired) electrons. The number of nitrogens with zero attached hydrogens (tertiary/aromatic N) is 5. The van der Waals surface area contributed by atoms with Crippen LogP contribution in [0.25, 0.3) is 0 Å². The zero-order chi connectivity index (χ0) is 27.9. The standard InChI is InChI=1S/C22H25N5O.C7H8N2O2/c1-15-25-12-19(26-15)14-27(13-16-5-2-7-18(11-16)22(23)28)20-9-3-6-17-8-4-10-24-21(17)20;1-4-6(7(10)11)5(2)9-3-8-4/h2,4-5,7-8,10-12,20H,3,6,9,13-14H2,1H3,(H2,23,28)(H,25,26);3H,1-2H3,(H,10,11). The number of pyridine rings is 1. The third kappa shape index (κ3) is 6.91. The van der Waals surface area contributed by atoms with Gasteiger partial charge in [0.2, 0.25) is 5.91 Å². The maximum absolute atomic E-state index is 11.6. The first-order chi connectivity index (χ1) is 18.7. The van der Waals surface area contributed by atoms with Crippen LogP contribution in [0.1, 0.15) is 79.3 Å². The molecule has 1 amide bonds. The van der Waals surface area contributed by atoms with Crippen LogP contribution in [-0.4, -0.2) is 46.8 Å². The van der Waals surface area contributed by atoms with E-state index in [4.69, 9.17) is 15.8 Å². The Bertz CT molecular complexity index is 1450. The third-order valence-corrected chi connectivity index (χ3v) is 6.77. The quantitative estimate of drug-likeness (QED) is 0.325. The molecule has 3 heterocycles. The van der Waals surface area contributed by atoms with Crippen molar-refractivity contribution in [2.45, 2.75) is 59.2 Å². The minimum Gasteiger partial charge on any atom is -0.478 e. The van der Waals surface area contributed by atoms with Gasteiger partial charge in [-0.1, -0.05) is 18.2 Å². The number of carboxylic acid groups (broad SMARTS) is 1. The predicted octanol–water partition coefficient (Wildman–Crippen LogP) is 4.08. The molecule has 4 N–H and O–H groups in total. The van der Waals surface area contributed by atoms with Crippen molar-refractivity contribution in [3.8, 4) is 0 Å². The summed E-state index contributed by atoms with van der Waals surface area (Å²) in [5.74, 6) is -0.462. The van der Waals surface area contributed by atoms with Crippen LogP contribution in [0.3, 0.4) is 0 Å². The molecule has 1 unspecified atom stereocenters. The van der Waals surface area contributed by atoms with Crippen LogP contribution in [0.4, 0.5) is 0 Å². The summed E-state index contributed by atoms with van der Waals surface area (Å²) < 4.78 is 0. The van der Waals surface area contributed by atoms with E-state index >= 15 is 0 Å². The van der Waals surface area contributed by atoms with Gasteiger partial charge >= 0.3 is 5.97 Å². The number of benzene rings is 1. The lowest BCUT2D eigenvalue weighted by Gasteiger charge is -2.35. The molecule has 3 aromatic heterocycles. The molecule has 0 saturated carbocycles. The molecule has 0 aliphatic heterocycles. The molecule has 202 valence electrons. The number of carbonyl (C=O) groups is 2. The van der Waals surface area contributed by atoms with E-state index in [0.29, 0.717) is 23.5 Å². The van der Waals surface area contributed by atoms with Crippen LogP contribution in [-0.2, 0) is 19.5 Å². The lowest BCUT2D eigenvalue weighted by molar-refractivity contribution is 0.0694. The molecular formula is C29H33N7O3. The van der Waals surface area contributed by atoms with Crippen LogP contribution >= 0.6 is 0 Å². The predicted molar refractivity (Wildman–Crippen MR) is 146 cm³/mol. The fourth-order valence-electron chi connectivity index (χ4n) is 4.95. The van der Waals surface area contributed by atoms with Crippen molar-refractivity contribution in [3.63, 3.8) is 0 Å². The van der Waals surface area contributed by atoms with E-state index in [9.17, 15) is 9.59 Å². The Kier molecular flexibility index (Phi) is 8.77. The third-order valence-electron chi connectivity index (χ3n) is 6.77. The number of carboxylic acids is 1. The van der Waals surface area contributed by atoms with Gasteiger partial charge < -0.3 is 15.8 Å². The number of imidazole rings is 1. The first-order valence-electron chi connectivity index (χ1n) is 12.8. The lowest BCUT2D eigenvalue weighted by Crippen LogP contribution is -2.31. The molecule has 5 rings (SSSR count). The molecule has 10 heteroatoms. The fourth-order valence-corrected chi connectivity index (χ4v) is 4.95. The maximum atomic E-state index is 11.6. The number of aryl methyl sites for hydroxylation is 4. The second kappa shape index (κ2) is 12.4. The molecule has 1 atom stereocenters. The van der Waals surface area contributed by atoms with Gasteiger partial charge in [-0.15, -0.1) is 0 Å². The number of aromatic amines is 1. The van der Waals surface area contributed by atoms with Crippen molar-refractivity contribution in [2.24, 2.45) is 5.73 Å². The highest BCUT2D eigenvalue weighted by atomic mass is 16.4. The maximum Gasteiger partial charge on any atom is 0.339 e. The Balaban J connectivity index is 0.000000270. The van der Waals surface area contributed by atoms with E-state index in [1.165, 1.54) is 11.9 Å². The number of H-pyrrole nitrogens is 1. The fraction of sp³-hybridized carbons (Fsp3) is 0.310. The molecule has 0 spiro atoms. The van der Waals surface area contributed by atoms with E-state index in [-0.39, 0.29) is 11.6 Å². The van der Waals surface area contributed by atoms with Crippen molar-refractivity contribution in [1.29, 1.82) is 0 Å². The summed E-state index contributed by atoms with van der Waals surface area (Å²) in [7, 11) is 0. The Hall–Kier alpha value is -4.44. The Morgan fingerprint density at radius 3 is 2.46 bits per heavy atom. The molecule has 4 aromatic rings. The highest BCUT2D eigenvalue weighted by Crippen LogP contribution is 2.34. The molecule has 1 aliphatic rings. The van der Waals surface area contributed by atoms with Gasteiger partial charge in [0, 0.05) is 36.7 Å². The second-order valence-corrected chi connectivity index (χ2v) is 9.64. The van der Waals surface area contributed by atoms with Gasteiger partial charge in [-0.3, -0.25) is 14.7 Å². The normalized spacial score (nSPS) is 14.3. The van der Waals surface area contributed by atoms with Crippen molar-refractivity contribution >= 4 is 11.9 Å². The SMILES string of the molecule is Cc1ncc(CN(Cc2cccc(C(N)=O)c2)C2CCCc3cccnc32)[nH]1.Cc1ncnc(C)c1C(=O)O. The topological polar surface area (TPSA) is 151 Å². The van der Waals surface area contributed by atoms with Crippen molar-refractivity contribution < 1.29 is 14.7 Å². The highest BCUT2D eigenvalue weighted by molar-refractivity contribution is 5.92. The van der Waals surface area contributed by atoms with Crippen LogP contribution in [0.15, 0.2) is 55.1 Å². The van der Waals surface area contributed by atoms with Crippen LogP contribution < -0.4 is 5.73 Å². The Morgan fingerprint density at radius 1 is 1.05 bits per heavy atom. The average molecular weight is 528 g/mol. The van der Waals surface area contributed by atoms with Gasteiger partial charge in [-0.05, 0) is 69.4 Å². The number of carbonyl (C=O) groups excluding carboxylic acids is 1. The van der Waals surface area contributed by atoms with Crippen LogP contribution in [0.2, 0.25) is 0 Å². The van der Waals surface area contributed by atoms with Crippen molar-refractivity contribution in [2.75, 3.05) is 0 Å². The summed E-state index contributed by atoms with van der Waals surface area (Å²) in [6.45, 7) is 6.71. The molecule has 0 bridgehead atoms. The number of nitrogens with two attached hydrogens (primary N) is 1. The summed E-state index contributed by atoms with van der Waals surface area (Å²) in [4.78, 5) is 44.5. The van der Waals surface area contributed by atoms with Gasteiger partial charge in [-0.2, -0.15) is 0 Å². The van der Waals surface area contributed by atoms with Crippen molar-refractivity contribution in [3.05, 3.63) is 106 Å². The zero-order valence-corrected chi connectivity index (χ0v) is 22.4. The second-order valence-electron chi connectivity index (χ2n) is 9.64. The van der Waals surface area contributed by atoms with E-state index in [1.807, 2.05) is 43.6 Å². The number of hydrogen-bond acceptors (Lipinski definition) is 7. The van der Waals surface area contributed by atoms with Gasteiger partial charge in [0.05, 0.1) is 23.1 Å². The molecule has 1 aliphatic carbocycles. The van der Waals surface area contributed by atoms with E-state index in [0.717, 1.165) is 48.6 Å². The molecule has 10 nitrogen and oxygen atoms in total. The average Bonchev–Trinajstić information content (AvgIpc) is 3.32. The first kappa shape index (κ1) is 27.6. The Morgan fingerprint density at radius 2 is 1.82 bits per heavy atom. The number of primary amides is 1. The number of fused-ring (bicyclic) bond motifs is 1. The molecule has 1 aromatic carbocycles. The van der Waals surface area contributed by atoms with Gasteiger partial charge in [0.25, 0.3) is 0 Å². The summed E-state index contributed by atoms with van der Waals surface area (Å²) in [6.07, 6.45) is 8.41. The number of nitrogens with one attached hydrogen (secondary N) is 1. The van der Waals surface area contributed by atoms with E-state index in [2.05, 4.69) is 30.9 Å². The van der Waals surface area contributed by atoms with Crippen LogP contribution in [0, 0.1) is 20.8 Å². The largest absolute Gasteiger partial charge is 0.478 e. The lowest BCUT2D eigenvalue weighted by atomic mass is 9.90. The molecule has 0 saturated heterocycles. The highest BCUT2D eigenvalue weighted by Gasteiger charge is 2.28. The van der Waals surface area contributed by atoms with Crippen LogP contribution in [0.5, 0.6) is 0 Å². The number of rotatable bonds is 7. The summed E-state index contributed by atoms with van der Waals surface area (Å²) in [5, 5.41) is 8.67. The van der Waals surface area contributed by atoms with E-state index in [1.54, 1.807) is 19.9 Å². The van der Waals surface area contributed by atoms with Gasteiger partial charge in [0.15, 0.2) is 0 Å². The number of aromatic nitrogens is 5. The molecular weight excluding hydrogens is 494 g/mol. The minimum absolute atomic E-state index is 0.201. The number of aromatic carboxylic acids is 1. The molecule has 39 heavy (non-hydrogen) atoms. The molecule has 0 fully saturated rings. The minimum atomic E-state index is -0.972. The van der Waals surface area contributed by atoms with Gasteiger partial charge in [0.1, 0.15) is 17.7 Å². The zero-order valence-electron chi connectivity index (χ0n) is 22.4. The Labute approximate surface area is 227 Å². The monoisotopic (exact) mass is 527 g/mol. The summed E-state index contributed by atoms with van der Waals surface area (Å²) in [6, 6.07) is 12.0. The van der Waals surface area contributed by atoms with Crippen molar-refractivity contribution in [1.82, 2.24) is 29.8 Å². The first-order valence-corrected chi connectivity index (χ1v) is 12.8. The smallest absolute Gasteiger partial charge is 0.339 e. The summed E-state index contributed by atoms with van der Waals surface area (Å²) in [5.41, 5.74) is 11.9. The number of hydrogen-bond donors (Lipinski definition) is 3. The van der Waals surface area contributed by atoms with Gasteiger partial charge in [-0.25, -0.2) is 19.7 Å². The summed E-state index contributed by atoms with van der Waals surface area (Å²) >= 11 is 0. The van der Waals surface area contributed by atoms with E-state index < -0.39 is 11.9 Å².